The molecule has 0 unspecified atom stereocenters. The molecular weight excluding hydrogens is 350 g/mol. The second-order valence-corrected chi connectivity index (χ2v) is 7.05. The van der Waals surface area contributed by atoms with Crippen LogP contribution in [-0.2, 0) is 16.8 Å². The van der Waals surface area contributed by atoms with Crippen LogP contribution in [0.5, 0.6) is 0 Å². The first-order chi connectivity index (χ1) is 13.5. The fraction of sp³-hybridized carbons (Fsp3) is 0.167. The molecule has 0 aromatic heterocycles. The van der Waals surface area contributed by atoms with E-state index in [1.54, 1.807) is 41.3 Å². The van der Waals surface area contributed by atoms with Crippen LogP contribution in [0.4, 0.5) is 5.69 Å². The van der Waals surface area contributed by atoms with Crippen LogP contribution in [0.2, 0.25) is 0 Å². The minimum absolute atomic E-state index is 0.00217. The van der Waals surface area contributed by atoms with E-state index in [0.717, 1.165) is 11.3 Å². The third-order valence-electron chi connectivity index (χ3n) is 5.32. The molecule has 0 saturated heterocycles. The van der Waals surface area contributed by atoms with E-state index < -0.39 is 5.60 Å². The largest absolute Gasteiger partial charge is 0.372 e. The van der Waals surface area contributed by atoms with Gasteiger partial charge in [0.1, 0.15) is 0 Å². The predicted octanol–water partition coefficient (Wildman–Crippen LogP) is 3.71. The number of fused-ring (bicyclic) bond motifs is 1. The smallest absolute Gasteiger partial charge is 0.268 e. The van der Waals surface area contributed by atoms with Crippen LogP contribution in [0.15, 0.2) is 78.9 Å². The average Bonchev–Trinajstić information content (AvgIpc) is 3.17. The molecule has 0 spiro atoms. The van der Waals surface area contributed by atoms with Gasteiger partial charge in [-0.15, -0.1) is 0 Å². The predicted molar refractivity (Wildman–Crippen MR) is 108 cm³/mol. The van der Waals surface area contributed by atoms with Gasteiger partial charge in [-0.3, -0.25) is 9.59 Å². The summed E-state index contributed by atoms with van der Waals surface area (Å²) in [5.74, 6) is -0.392. The Hall–Kier alpha value is -3.24. The summed E-state index contributed by atoms with van der Waals surface area (Å²) < 4.78 is 0. The van der Waals surface area contributed by atoms with Gasteiger partial charge in [-0.1, -0.05) is 60.7 Å². The number of nitrogens with zero attached hydrogens (tertiary/aromatic N) is 1. The molecule has 4 nitrogen and oxygen atoms in total. The third kappa shape index (κ3) is 2.92. The van der Waals surface area contributed by atoms with E-state index in [1.165, 1.54) is 6.92 Å². The summed E-state index contributed by atoms with van der Waals surface area (Å²) in [6.45, 7) is 2.00. The number of hydrogen-bond donors (Lipinski definition) is 1. The molecule has 1 heterocycles. The number of carbonyl (C=O) groups is 2. The van der Waals surface area contributed by atoms with Gasteiger partial charge in [0.05, 0.1) is 0 Å². The fourth-order valence-electron chi connectivity index (χ4n) is 3.80. The van der Waals surface area contributed by atoms with Gasteiger partial charge in [0, 0.05) is 17.8 Å². The number of carbonyl (C=O) groups excluding carboxylic acids is 2. The van der Waals surface area contributed by atoms with Crippen LogP contribution in [-0.4, -0.2) is 23.3 Å². The monoisotopic (exact) mass is 371 g/mol. The Morgan fingerprint density at radius 1 is 0.893 bits per heavy atom. The Labute approximate surface area is 164 Å². The minimum Gasteiger partial charge on any atom is -0.372 e. The first kappa shape index (κ1) is 18.1. The molecule has 0 saturated carbocycles. The minimum atomic E-state index is -1.79. The van der Waals surface area contributed by atoms with Crippen LogP contribution in [0, 0.1) is 0 Å². The van der Waals surface area contributed by atoms with E-state index in [1.807, 2.05) is 42.5 Å². The zero-order chi connectivity index (χ0) is 19.7. The van der Waals surface area contributed by atoms with Gasteiger partial charge in [-0.2, -0.15) is 0 Å². The van der Waals surface area contributed by atoms with Crippen LogP contribution < -0.4 is 4.90 Å². The third-order valence-corrected chi connectivity index (χ3v) is 5.32. The lowest BCUT2D eigenvalue weighted by Crippen LogP contribution is -2.47. The van der Waals surface area contributed by atoms with Gasteiger partial charge in [0.15, 0.2) is 11.4 Å². The molecule has 4 rings (SSSR count). The van der Waals surface area contributed by atoms with Gasteiger partial charge >= 0.3 is 0 Å². The summed E-state index contributed by atoms with van der Waals surface area (Å²) in [5, 5.41) is 11.7. The van der Waals surface area contributed by atoms with Gasteiger partial charge < -0.3 is 10.0 Å². The summed E-state index contributed by atoms with van der Waals surface area (Å²) in [6, 6.07) is 23.4. The van der Waals surface area contributed by atoms with Crippen molar-refractivity contribution in [3.05, 3.63) is 101 Å². The number of anilines is 1. The standard InChI is InChI=1S/C24H21NO3/c1-17(26)18-12-13-22-19(16-18)14-15-25(22)23(27)24(28,20-8-4-2-5-9-20)21-10-6-3-7-11-21/h2-13,16,28H,14-15H2,1H3. The van der Waals surface area contributed by atoms with Gasteiger partial charge in [0.25, 0.3) is 5.91 Å². The molecule has 28 heavy (non-hydrogen) atoms. The maximum absolute atomic E-state index is 13.7. The van der Waals surface area contributed by atoms with E-state index in [0.29, 0.717) is 29.7 Å². The van der Waals surface area contributed by atoms with Crippen molar-refractivity contribution in [3.63, 3.8) is 0 Å². The quantitative estimate of drug-likeness (QED) is 0.711. The molecule has 0 aliphatic carbocycles. The van der Waals surface area contributed by atoms with Crippen LogP contribution in [0.1, 0.15) is 34.0 Å². The van der Waals surface area contributed by atoms with Crippen LogP contribution in [0.25, 0.3) is 0 Å². The van der Waals surface area contributed by atoms with Crippen molar-refractivity contribution in [2.24, 2.45) is 0 Å². The molecular formula is C24H21NO3. The van der Waals surface area contributed by atoms with Crippen molar-refractivity contribution in [3.8, 4) is 0 Å². The van der Waals surface area contributed by atoms with E-state index >= 15 is 0 Å². The molecule has 140 valence electrons. The summed E-state index contributed by atoms with van der Waals surface area (Å²) in [4.78, 5) is 27.0. The molecule has 3 aromatic carbocycles. The van der Waals surface area contributed by atoms with E-state index in [4.69, 9.17) is 0 Å². The molecule has 3 aromatic rings. The SMILES string of the molecule is CC(=O)c1ccc2c(c1)CCN2C(=O)C(O)(c1ccccc1)c1ccccc1. The summed E-state index contributed by atoms with van der Waals surface area (Å²) >= 11 is 0. The second-order valence-electron chi connectivity index (χ2n) is 7.05. The van der Waals surface area contributed by atoms with Gasteiger partial charge in [0.2, 0.25) is 0 Å². The van der Waals surface area contributed by atoms with Crippen molar-refractivity contribution >= 4 is 17.4 Å². The Bertz CT molecular complexity index is 989. The molecule has 1 N–H and O–H groups in total. The van der Waals surface area contributed by atoms with Crippen molar-refractivity contribution in [2.45, 2.75) is 18.9 Å². The molecule has 4 heteroatoms. The van der Waals surface area contributed by atoms with Gasteiger partial charge in [-0.05, 0) is 48.2 Å². The van der Waals surface area contributed by atoms with Crippen molar-refractivity contribution < 1.29 is 14.7 Å². The first-order valence-corrected chi connectivity index (χ1v) is 9.31. The lowest BCUT2D eigenvalue weighted by atomic mass is 9.85. The van der Waals surface area contributed by atoms with Crippen molar-refractivity contribution in [1.29, 1.82) is 0 Å². The Morgan fingerprint density at radius 2 is 1.46 bits per heavy atom. The molecule has 0 radical (unpaired) electrons. The highest BCUT2D eigenvalue weighted by Crippen LogP contribution is 2.37. The maximum atomic E-state index is 13.7. The fourth-order valence-corrected chi connectivity index (χ4v) is 3.80. The van der Waals surface area contributed by atoms with Crippen LogP contribution >= 0.6 is 0 Å². The van der Waals surface area contributed by atoms with Gasteiger partial charge in [-0.25, -0.2) is 0 Å². The highest BCUT2D eigenvalue weighted by molar-refractivity contribution is 6.04. The zero-order valence-corrected chi connectivity index (χ0v) is 15.6. The molecule has 0 bridgehead atoms. The number of aliphatic hydroxyl groups is 1. The van der Waals surface area contributed by atoms with Crippen molar-refractivity contribution in [2.75, 3.05) is 11.4 Å². The topological polar surface area (TPSA) is 57.6 Å². The second kappa shape index (κ2) is 7.06. The summed E-state index contributed by atoms with van der Waals surface area (Å²) in [7, 11) is 0. The normalized spacial score (nSPS) is 13.3. The maximum Gasteiger partial charge on any atom is 0.268 e. The molecule has 1 aliphatic rings. The number of ketones is 1. The number of benzene rings is 3. The van der Waals surface area contributed by atoms with E-state index in [2.05, 4.69) is 0 Å². The molecule has 0 atom stereocenters. The van der Waals surface area contributed by atoms with E-state index in [-0.39, 0.29) is 11.7 Å². The molecule has 1 aliphatic heterocycles. The summed E-state index contributed by atoms with van der Waals surface area (Å²) in [6.07, 6.45) is 0.655. The molecule has 1 amide bonds. The first-order valence-electron chi connectivity index (χ1n) is 9.31. The van der Waals surface area contributed by atoms with Crippen LogP contribution in [0.3, 0.4) is 0 Å². The van der Waals surface area contributed by atoms with E-state index in [9.17, 15) is 14.7 Å². The lowest BCUT2D eigenvalue weighted by Gasteiger charge is -2.32. The lowest BCUT2D eigenvalue weighted by molar-refractivity contribution is -0.133. The number of hydrogen-bond acceptors (Lipinski definition) is 3. The zero-order valence-electron chi connectivity index (χ0n) is 15.6. The number of Topliss-reactive ketones (excluding diaryl/α,β-unsaturated/α-hetero) is 1. The Balaban J connectivity index is 1.80. The highest BCUT2D eigenvalue weighted by atomic mass is 16.3. The number of amides is 1. The number of rotatable bonds is 4. The highest BCUT2D eigenvalue weighted by Gasteiger charge is 2.44. The summed E-state index contributed by atoms with van der Waals surface area (Å²) in [5.41, 5.74) is 1.60. The average molecular weight is 371 g/mol. The molecule has 0 fully saturated rings. The Morgan fingerprint density at radius 3 is 2.00 bits per heavy atom. The Kier molecular flexibility index (Phi) is 4.57. The van der Waals surface area contributed by atoms with Crippen molar-refractivity contribution in [1.82, 2.24) is 0 Å².